The fraction of sp³-hybridized carbons (Fsp3) is 0.438. The molecule has 1 heterocycles. The van der Waals surface area contributed by atoms with Gasteiger partial charge in [-0.15, -0.1) is 0 Å². The van der Waals surface area contributed by atoms with Crippen LogP contribution in [-0.2, 0) is 13.0 Å². The summed E-state index contributed by atoms with van der Waals surface area (Å²) in [5, 5.41) is 3.60. The van der Waals surface area contributed by atoms with Crippen LogP contribution in [0.15, 0.2) is 30.7 Å². The van der Waals surface area contributed by atoms with E-state index in [9.17, 15) is 0 Å². The zero-order valence-corrected chi connectivity index (χ0v) is 11.7. The monoisotopic (exact) mass is 255 g/mol. The van der Waals surface area contributed by atoms with E-state index in [1.54, 1.807) is 0 Å². The molecule has 0 bridgehead atoms. The lowest BCUT2D eigenvalue weighted by atomic mass is 10.1. The van der Waals surface area contributed by atoms with Gasteiger partial charge in [-0.25, -0.2) is 4.98 Å². The van der Waals surface area contributed by atoms with Crippen LogP contribution in [0.1, 0.15) is 42.6 Å². The Kier molecular flexibility index (Phi) is 3.28. The van der Waals surface area contributed by atoms with Crippen LogP contribution in [0.5, 0.6) is 0 Å². The fourth-order valence-corrected chi connectivity index (χ4v) is 2.61. The summed E-state index contributed by atoms with van der Waals surface area (Å²) in [6, 6.07) is 7.20. The van der Waals surface area contributed by atoms with Crippen molar-refractivity contribution in [2.45, 2.75) is 45.7 Å². The molecule has 1 aliphatic rings. The molecular weight excluding hydrogens is 234 g/mol. The molecule has 0 radical (unpaired) electrons. The van der Waals surface area contributed by atoms with Gasteiger partial charge in [0.05, 0.1) is 18.6 Å². The minimum absolute atomic E-state index is 0.696. The van der Waals surface area contributed by atoms with Gasteiger partial charge in [-0.05, 0) is 37.3 Å². The van der Waals surface area contributed by atoms with Gasteiger partial charge in [-0.3, -0.25) is 0 Å². The predicted molar refractivity (Wildman–Crippen MR) is 78.4 cm³/mol. The average Bonchev–Trinajstić information content (AvgIpc) is 3.16. The van der Waals surface area contributed by atoms with Crippen LogP contribution >= 0.6 is 0 Å². The third kappa shape index (κ3) is 2.50. The largest absolute Gasteiger partial charge is 0.379 e. The van der Waals surface area contributed by atoms with Gasteiger partial charge in [0.2, 0.25) is 0 Å². The third-order valence-corrected chi connectivity index (χ3v) is 3.87. The molecule has 0 unspecified atom stereocenters. The lowest BCUT2D eigenvalue weighted by Gasteiger charge is -2.15. The number of benzene rings is 1. The predicted octanol–water partition coefficient (Wildman–Crippen LogP) is 3.70. The minimum atomic E-state index is 0.696. The molecule has 3 nitrogen and oxygen atoms in total. The van der Waals surface area contributed by atoms with E-state index in [1.165, 1.54) is 35.3 Å². The van der Waals surface area contributed by atoms with Crippen molar-refractivity contribution in [3.8, 4) is 0 Å². The highest BCUT2D eigenvalue weighted by Crippen LogP contribution is 2.35. The van der Waals surface area contributed by atoms with Crippen molar-refractivity contribution in [1.29, 1.82) is 0 Å². The average molecular weight is 255 g/mol. The number of rotatable bonds is 5. The molecule has 1 aromatic carbocycles. The van der Waals surface area contributed by atoms with Gasteiger partial charge >= 0.3 is 0 Å². The van der Waals surface area contributed by atoms with E-state index in [2.05, 4.69) is 46.9 Å². The Morgan fingerprint density at radius 3 is 2.95 bits per heavy atom. The summed E-state index contributed by atoms with van der Waals surface area (Å²) in [7, 11) is 0. The number of nitrogens with zero attached hydrogens (tertiary/aromatic N) is 2. The first kappa shape index (κ1) is 12.3. The van der Waals surface area contributed by atoms with Gasteiger partial charge < -0.3 is 9.88 Å². The van der Waals surface area contributed by atoms with Crippen molar-refractivity contribution in [2.24, 2.45) is 0 Å². The Bertz CT molecular complexity index is 567. The first-order chi connectivity index (χ1) is 9.29. The second-order valence-corrected chi connectivity index (χ2v) is 5.34. The molecular formula is C16H21N3. The smallest absolute Gasteiger partial charge is 0.0951 e. The summed E-state index contributed by atoms with van der Waals surface area (Å²) in [6.45, 7) is 5.22. The van der Waals surface area contributed by atoms with E-state index in [0.717, 1.165) is 13.0 Å². The lowest BCUT2D eigenvalue weighted by molar-refractivity contribution is 0.700. The highest BCUT2D eigenvalue weighted by atomic mass is 15.1. The number of hydrogen-bond acceptors (Lipinski definition) is 2. The minimum Gasteiger partial charge on any atom is -0.379 e. The standard InChI is InChI=1S/C16H21N3/c1-3-13-6-4-5-12(2)16(13)18-10-15-9-17-11-19(15)14-7-8-14/h4-6,9,11,14,18H,3,7-8,10H2,1-2H3. The number of anilines is 1. The van der Waals surface area contributed by atoms with Gasteiger partial charge in [-0.1, -0.05) is 25.1 Å². The van der Waals surface area contributed by atoms with Crippen LogP contribution in [0.2, 0.25) is 0 Å². The molecule has 3 rings (SSSR count). The summed E-state index contributed by atoms with van der Waals surface area (Å²) in [4.78, 5) is 4.28. The van der Waals surface area contributed by atoms with E-state index in [-0.39, 0.29) is 0 Å². The van der Waals surface area contributed by atoms with Gasteiger partial charge in [0, 0.05) is 17.9 Å². The first-order valence-electron chi connectivity index (χ1n) is 7.12. The maximum Gasteiger partial charge on any atom is 0.0951 e. The van der Waals surface area contributed by atoms with E-state index in [0.29, 0.717) is 6.04 Å². The lowest BCUT2D eigenvalue weighted by Crippen LogP contribution is -2.08. The molecule has 1 saturated carbocycles. The van der Waals surface area contributed by atoms with Gasteiger partial charge in [0.1, 0.15) is 0 Å². The summed E-state index contributed by atoms with van der Waals surface area (Å²) >= 11 is 0. The molecule has 1 aliphatic carbocycles. The second kappa shape index (κ2) is 5.08. The molecule has 2 aromatic rings. The van der Waals surface area contributed by atoms with E-state index < -0.39 is 0 Å². The van der Waals surface area contributed by atoms with Gasteiger partial charge in [-0.2, -0.15) is 0 Å². The Labute approximate surface area is 114 Å². The number of imidazole rings is 1. The Morgan fingerprint density at radius 1 is 1.37 bits per heavy atom. The van der Waals surface area contributed by atoms with Crippen molar-refractivity contribution >= 4 is 5.69 Å². The van der Waals surface area contributed by atoms with Crippen molar-refractivity contribution in [3.05, 3.63) is 47.5 Å². The number of aromatic nitrogens is 2. The molecule has 0 aliphatic heterocycles. The van der Waals surface area contributed by atoms with Gasteiger partial charge in [0.25, 0.3) is 0 Å². The van der Waals surface area contributed by atoms with E-state index >= 15 is 0 Å². The van der Waals surface area contributed by atoms with Crippen LogP contribution in [-0.4, -0.2) is 9.55 Å². The highest BCUT2D eigenvalue weighted by Gasteiger charge is 2.25. The summed E-state index contributed by atoms with van der Waals surface area (Å²) < 4.78 is 2.32. The zero-order chi connectivity index (χ0) is 13.2. The van der Waals surface area contributed by atoms with Crippen molar-refractivity contribution in [1.82, 2.24) is 9.55 Å². The van der Waals surface area contributed by atoms with E-state index in [1.807, 2.05) is 12.5 Å². The van der Waals surface area contributed by atoms with Crippen molar-refractivity contribution < 1.29 is 0 Å². The maximum absolute atomic E-state index is 4.28. The Morgan fingerprint density at radius 2 is 2.21 bits per heavy atom. The molecule has 0 atom stereocenters. The van der Waals surface area contributed by atoms with Crippen molar-refractivity contribution in [2.75, 3.05) is 5.32 Å². The normalized spacial score (nSPS) is 14.6. The zero-order valence-electron chi connectivity index (χ0n) is 11.7. The molecule has 1 fully saturated rings. The molecule has 19 heavy (non-hydrogen) atoms. The first-order valence-corrected chi connectivity index (χ1v) is 7.12. The van der Waals surface area contributed by atoms with E-state index in [4.69, 9.17) is 0 Å². The van der Waals surface area contributed by atoms with Crippen LogP contribution in [0.3, 0.4) is 0 Å². The van der Waals surface area contributed by atoms with Crippen LogP contribution in [0.25, 0.3) is 0 Å². The molecule has 1 aromatic heterocycles. The highest BCUT2D eigenvalue weighted by molar-refractivity contribution is 5.57. The fourth-order valence-electron chi connectivity index (χ4n) is 2.61. The second-order valence-electron chi connectivity index (χ2n) is 5.34. The summed E-state index contributed by atoms with van der Waals surface area (Å²) in [5.41, 5.74) is 5.27. The summed E-state index contributed by atoms with van der Waals surface area (Å²) in [6.07, 6.45) is 7.61. The Balaban J connectivity index is 1.77. The quantitative estimate of drug-likeness (QED) is 0.882. The molecule has 3 heteroatoms. The summed E-state index contributed by atoms with van der Waals surface area (Å²) in [5.74, 6) is 0. The van der Waals surface area contributed by atoms with Crippen LogP contribution in [0, 0.1) is 6.92 Å². The third-order valence-electron chi connectivity index (χ3n) is 3.87. The maximum atomic E-state index is 4.28. The van der Waals surface area contributed by atoms with Crippen LogP contribution in [0.4, 0.5) is 5.69 Å². The van der Waals surface area contributed by atoms with Crippen LogP contribution < -0.4 is 5.32 Å². The Hall–Kier alpha value is -1.77. The molecule has 0 amide bonds. The molecule has 0 saturated heterocycles. The molecule has 1 N–H and O–H groups in total. The number of hydrogen-bond donors (Lipinski definition) is 1. The molecule has 100 valence electrons. The number of aryl methyl sites for hydroxylation is 2. The van der Waals surface area contributed by atoms with Gasteiger partial charge in [0.15, 0.2) is 0 Å². The molecule has 0 spiro atoms. The SMILES string of the molecule is CCc1cccc(C)c1NCc1cncn1C1CC1. The number of para-hydroxylation sites is 1. The van der Waals surface area contributed by atoms with Crippen molar-refractivity contribution in [3.63, 3.8) is 0 Å². The number of nitrogens with one attached hydrogen (secondary N) is 1. The topological polar surface area (TPSA) is 29.9 Å².